The maximum atomic E-state index is 12.2. The summed E-state index contributed by atoms with van der Waals surface area (Å²) >= 11 is 0. The van der Waals surface area contributed by atoms with Crippen LogP contribution >= 0.6 is 0 Å². The minimum absolute atomic E-state index is 0.136. The normalized spacial score (nSPS) is 14.0. The van der Waals surface area contributed by atoms with Crippen LogP contribution in [0, 0.1) is 0 Å². The molecular weight excluding hydrogens is 320 g/mol. The van der Waals surface area contributed by atoms with Crippen molar-refractivity contribution < 1.29 is 22.7 Å². The number of carbonyl (C=O) groups excluding carboxylic acids is 2. The van der Waals surface area contributed by atoms with Crippen LogP contribution < -0.4 is 10.0 Å². The predicted molar refractivity (Wildman–Crippen MR) is 83.3 cm³/mol. The van der Waals surface area contributed by atoms with Crippen molar-refractivity contribution in [3.8, 4) is 0 Å². The van der Waals surface area contributed by atoms with E-state index in [-0.39, 0.29) is 4.90 Å². The van der Waals surface area contributed by atoms with Crippen LogP contribution in [0.2, 0.25) is 0 Å². The Morgan fingerprint density at radius 2 is 1.87 bits per heavy atom. The standard InChI is InChI=1S/C15H20N2O5S/c1-16-14(18)10-22-15(19)9-17-23(20,21)13-7-6-11-4-2-3-5-12(11)8-13/h6-8,17H,2-5,9-10H2,1H3,(H,16,18). The smallest absolute Gasteiger partial charge is 0.321 e. The van der Waals surface area contributed by atoms with Gasteiger partial charge in [-0.05, 0) is 48.9 Å². The van der Waals surface area contributed by atoms with Gasteiger partial charge in [0.2, 0.25) is 10.0 Å². The Morgan fingerprint density at radius 3 is 2.57 bits per heavy atom. The van der Waals surface area contributed by atoms with E-state index in [1.54, 1.807) is 12.1 Å². The van der Waals surface area contributed by atoms with Crippen molar-refractivity contribution in [2.45, 2.75) is 30.6 Å². The molecule has 0 aliphatic heterocycles. The fourth-order valence-electron chi connectivity index (χ4n) is 2.38. The molecule has 0 atom stereocenters. The average Bonchev–Trinajstić information content (AvgIpc) is 2.57. The zero-order chi connectivity index (χ0) is 16.9. The van der Waals surface area contributed by atoms with Gasteiger partial charge in [0.1, 0.15) is 6.54 Å². The van der Waals surface area contributed by atoms with Gasteiger partial charge in [0.15, 0.2) is 6.61 Å². The number of hydrogen-bond acceptors (Lipinski definition) is 5. The van der Waals surface area contributed by atoms with Gasteiger partial charge in [-0.25, -0.2) is 8.42 Å². The predicted octanol–water partition coefficient (Wildman–Crippen LogP) is 0.133. The molecule has 0 bridgehead atoms. The molecule has 1 amide bonds. The van der Waals surface area contributed by atoms with Crippen molar-refractivity contribution in [3.63, 3.8) is 0 Å². The summed E-state index contributed by atoms with van der Waals surface area (Å²) in [6.07, 6.45) is 4.01. The minimum Gasteiger partial charge on any atom is -0.455 e. The molecule has 2 rings (SSSR count). The zero-order valence-corrected chi connectivity index (χ0v) is 13.7. The van der Waals surface area contributed by atoms with Crippen LogP contribution in [0.4, 0.5) is 0 Å². The fraction of sp³-hybridized carbons (Fsp3) is 0.467. The van der Waals surface area contributed by atoms with E-state index in [4.69, 9.17) is 0 Å². The summed E-state index contributed by atoms with van der Waals surface area (Å²) in [5, 5.41) is 2.29. The highest BCUT2D eigenvalue weighted by Gasteiger charge is 2.19. The number of nitrogens with one attached hydrogen (secondary N) is 2. The molecule has 0 unspecified atom stereocenters. The second kappa shape index (κ2) is 7.56. The van der Waals surface area contributed by atoms with Crippen molar-refractivity contribution in [2.24, 2.45) is 0 Å². The van der Waals surface area contributed by atoms with Crippen molar-refractivity contribution in [1.29, 1.82) is 0 Å². The number of hydrogen-bond donors (Lipinski definition) is 2. The highest BCUT2D eigenvalue weighted by molar-refractivity contribution is 7.89. The summed E-state index contributed by atoms with van der Waals surface area (Å²) in [5.74, 6) is -1.27. The van der Waals surface area contributed by atoms with Crippen LogP contribution in [0.25, 0.3) is 0 Å². The lowest BCUT2D eigenvalue weighted by molar-refractivity contribution is -0.147. The van der Waals surface area contributed by atoms with Crippen molar-refractivity contribution in [1.82, 2.24) is 10.0 Å². The Kier molecular flexibility index (Phi) is 5.73. The van der Waals surface area contributed by atoms with Gasteiger partial charge in [-0.3, -0.25) is 9.59 Å². The molecule has 0 spiro atoms. The Bertz CT molecular complexity index is 700. The van der Waals surface area contributed by atoms with E-state index in [9.17, 15) is 18.0 Å². The van der Waals surface area contributed by atoms with E-state index >= 15 is 0 Å². The van der Waals surface area contributed by atoms with Gasteiger partial charge in [0, 0.05) is 7.05 Å². The second-order valence-electron chi connectivity index (χ2n) is 5.30. The highest BCUT2D eigenvalue weighted by atomic mass is 32.2. The summed E-state index contributed by atoms with van der Waals surface area (Å²) < 4.78 is 31.3. The Hall–Kier alpha value is -1.93. The molecule has 0 saturated heterocycles. The zero-order valence-electron chi connectivity index (χ0n) is 12.9. The maximum absolute atomic E-state index is 12.2. The van der Waals surface area contributed by atoms with Gasteiger partial charge < -0.3 is 10.1 Å². The Balaban J connectivity index is 1.96. The van der Waals surface area contributed by atoms with Gasteiger partial charge >= 0.3 is 5.97 Å². The number of amides is 1. The molecule has 0 heterocycles. The van der Waals surface area contributed by atoms with Crippen LogP contribution in [0.1, 0.15) is 24.0 Å². The van der Waals surface area contributed by atoms with Gasteiger partial charge in [0.05, 0.1) is 4.90 Å². The number of fused-ring (bicyclic) bond motifs is 1. The SMILES string of the molecule is CNC(=O)COC(=O)CNS(=O)(=O)c1ccc2c(c1)CCCC2. The quantitative estimate of drug-likeness (QED) is 0.717. The largest absolute Gasteiger partial charge is 0.455 e. The molecule has 1 aliphatic carbocycles. The second-order valence-corrected chi connectivity index (χ2v) is 7.06. The number of ether oxygens (including phenoxy) is 1. The average molecular weight is 340 g/mol. The van der Waals surface area contributed by atoms with Crippen molar-refractivity contribution >= 4 is 21.9 Å². The summed E-state index contributed by atoms with van der Waals surface area (Å²) in [7, 11) is -2.37. The topological polar surface area (TPSA) is 102 Å². The van der Waals surface area contributed by atoms with Gasteiger partial charge in [-0.1, -0.05) is 6.07 Å². The Labute approximate surface area is 135 Å². The van der Waals surface area contributed by atoms with Crippen LogP contribution in [0.3, 0.4) is 0 Å². The lowest BCUT2D eigenvalue weighted by Crippen LogP contribution is -2.33. The highest BCUT2D eigenvalue weighted by Crippen LogP contribution is 2.23. The number of carbonyl (C=O) groups is 2. The molecule has 7 nitrogen and oxygen atoms in total. The third kappa shape index (κ3) is 4.77. The number of sulfonamides is 1. The first-order valence-electron chi connectivity index (χ1n) is 7.40. The molecule has 0 fully saturated rings. The number of esters is 1. The van der Waals surface area contributed by atoms with Crippen LogP contribution in [0.15, 0.2) is 23.1 Å². The molecule has 8 heteroatoms. The van der Waals surface area contributed by atoms with Crippen molar-refractivity contribution in [2.75, 3.05) is 20.2 Å². The molecule has 0 aromatic heterocycles. The monoisotopic (exact) mass is 340 g/mol. The number of benzene rings is 1. The van der Waals surface area contributed by atoms with Crippen molar-refractivity contribution in [3.05, 3.63) is 29.3 Å². The maximum Gasteiger partial charge on any atom is 0.321 e. The third-order valence-electron chi connectivity index (χ3n) is 3.68. The summed E-state index contributed by atoms with van der Waals surface area (Å²) in [4.78, 5) is 22.5. The van der Waals surface area contributed by atoms with Crippen LogP contribution in [0.5, 0.6) is 0 Å². The van der Waals surface area contributed by atoms with E-state index in [1.807, 2.05) is 6.07 Å². The molecule has 2 N–H and O–H groups in total. The first-order valence-corrected chi connectivity index (χ1v) is 8.88. The number of aryl methyl sites for hydroxylation is 2. The molecular formula is C15H20N2O5S. The fourth-order valence-corrected chi connectivity index (χ4v) is 3.40. The van der Waals surface area contributed by atoms with Crippen LogP contribution in [-0.4, -0.2) is 40.5 Å². The first kappa shape index (κ1) is 17.4. The third-order valence-corrected chi connectivity index (χ3v) is 5.08. The summed E-state index contributed by atoms with van der Waals surface area (Å²) in [6, 6.07) is 5.03. The lowest BCUT2D eigenvalue weighted by Gasteiger charge is -2.16. The number of likely N-dealkylation sites (N-methyl/N-ethyl adjacent to an activating group) is 1. The van der Waals surface area contributed by atoms with Crippen LogP contribution in [-0.2, 0) is 37.2 Å². The van der Waals surface area contributed by atoms with Gasteiger partial charge in [0.25, 0.3) is 5.91 Å². The molecule has 126 valence electrons. The molecule has 23 heavy (non-hydrogen) atoms. The van der Waals surface area contributed by atoms with E-state index in [0.29, 0.717) is 0 Å². The summed E-state index contributed by atoms with van der Waals surface area (Å²) in [5.41, 5.74) is 2.22. The lowest BCUT2D eigenvalue weighted by atomic mass is 9.92. The Morgan fingerprint density at radius 1 is 1.17 bits per heavy atom. The molecule has 0 saturated carbocycles. The van der Waals surface area contributed by atoms with E-state index in [2.05, 4.69) is 14.8 Å². The van der Waals surface area contributed by atoms with Gasteiger partial charge in [-0.15, -0.1) is 0 Å². The molecule has 1 aromatic carbocycles. The molecule has 1 aliphatic rings. The molecule has 0 radical (unpaired) electrons. The summed E-state index contributed by atoms with van der Waals surface area (Å²) in [6.45, 7) is -0.952. The van der Waals surface area contributed by atoms with E-state index < -0.39 is 35.1 Å². The van der Waals surface area contributed by atoms with Gasteiger partial charge in [-0.2, -0.15) is 4.72 Å². The first-order chi connectivity index (χ1) is 10.9. The minimum atomic E-state index is -3.78. The van der Waals surface area contributed by atoms with E-state index in [0.717, 1.165) is 31.2 Å². The number of rotatable bonds is 6. The van der Waals surface area contributed by atoms with E-state index in [1.165, 1.54) is 12.6 Å². The molecule has 1 aromatic rings.